The smallest absolute Gasteiger partial charge is 0.0626 e. The fraction of sp³-hybridized carbons (Fsp3) is 0.647. The van der Waals surface area contributed by atoms with Crippen molar-refractivity contribution in [2.45, 2.75) is 50.5 Å². The molecule has 0 radical (unpaired) electrons. The first-order valence-corrected chi connectivity index (χ1v) is 8.09. The van der Waals surface area contributed by atoms with E-state index in [1.807, 2.05) is 13.1 Å². The van der Waals surface area contributed by atoms with Crippen LogP contribution in [-0.4, -0.2) is 36.1 Å². The lowest BCUT2D eigenvalue weighted by Crippen LogP contribution is -2.35. The second-order valence-corrected chi connectivity index (χ2v) is 6.24. The van der Waals surface area contributed by atoms with Gasteiger partial charge >= 0.3 is 0 Å². The van der Waals surface area contributed by atoms with Crippen molar-refractivity contribution in [2.24, 2.45) is 0 Å². The van der Waals surface area contributed by atoms with E-state index < -0.39 is 0 Å². The van der Waals surface area contributed by atoms with E-state index in [9.17, 15) is 0 Å². The standard InChI is InChI=1S/C17H27N3/c1-3-16-17(18-2)15(12-19-16)13-6-8-14(9-7-13)20-10-4-5-11-20/h3,12-14,18-19H,1,4-11H2,2H3. The van der Waals surface area contributed by atoms with Crippen molar-refractivity contribution in [3.63, 3.8) is 0 Å². The van der Waals surface area contributed by atoms with Gasteiger partial charge in [-0.05, 0) is 69.2 Å². The molecule has 0 bridgehead atoms. The van der Waals surface area contributed by atoms with Gasteiger partial charge in [-0.25, -0.2) is 0 Å². The quantitative estimate of drug-likeness (QED) is 0.873. The summed E-state index contributed by atoms with van der Waals surface area (Å²) in [7, 11) is 2.01. The summed E-state index contributed by atoms with van der Waals surface area (Å²) in [6.07, 6.45) is 12.3. The lowest BCUT2D eigenvalue weighted by Gasteiger charge is -2.34. The molecule has 20 heavy (non-hydrogen) atoms. The maximum absolute atomic E-state index is 3.88. The van der Waals surface area contributed by atoms with Gasteiger partial charge in [-0.3, -0.25) is 0 Å². The third kappa shape index (κ3) is 2.51. The molecule has 3 heteroatoms. The molecule has 2 fully saturated rings. The minimum absolute atomic E-state index is 0.709. The highest BCUT2D eigenvalue weighted by Crippen LogP contribution is 2.39. The fourth-order valence-corrected chi connectivity index (χ4v) is 4.08. The van der Waals surface area contributed by atoms with Crippen molar-refractivity contribution in [2.75, 3.05) is 25.5 Å². The van der Waals surface area contributed by atoms with Crippen molar-refractivity contribution in [1.82, 2.24) is 9.88 Å². The Morgan fingerprint density at radius 1 is 1.25 bits per heavy atom. The van der Waals surface area contributed by atoms with E-state index in [0.717, 1.165) is 11.7 Å². The zero-order valence-electron chi connectivity index (χ0n) is 12.6. The van der Waals surface area contributed by atoms with E-state index in [-0.39, 0.29) is 0 Å². The number of likely N-dealkylation sites (tertiary alicyclic amines) is 1. The van der Waals surface area contributed by atoms with E-state index in [2.05, 4.69) is 28.0 Å². The number of hydrogen-bond donors (Lipinski definition) is 2. The first-order valence-electron chi connectivity index (χ1n) is 8.09. The van der Waals surface area contributed by atoms with E-state index in [4.69, 9.17) is 0 Å². The molecular weight excluding hydrogens is 246 g/mol. The van der Waals surface area contributed by atoms with Gasteiger partial charge in [-0.2, -0.15) is 0 Å². The highest BCUT2D eigenvalue weighted by Gasteiger charge is 2.29. The third-order valence-corrected chi connectivity index (χ3v) is 5.19. The Bertz CT molecular complexity index is 449. The number of nitrogens with zero attached hydrogens (tertiary/aromatic N) is 1. The molecule has 2 heterocycles. The highest BCUT2D eigenvalue weighted by molar-refractivity contribution is 5.67. The van der Waals surface area contributed by atoms with E-state index in [0.29, 0.717) is 5.92 Å². The molecule has 2 N–H and O–H groups in total. The summed E-state index contributed by atoms with van der Waals surface area (Å²) in [4.78, 5) is 6.07. The lowest BCUT2D eigenvalue weighted by molar-refractivity contribution is 0.182. The van der Waals surface area contributed by atoms with Crippen molar-refractivity contribution in [3.05, 3.63) is 24.0 Å². The van der Waals surface area contributed by atoms with Crippen LogP contribution in [0.1, 0.15) is 55.7 Å². The van der Waals surface area contributed by atoms with Gasteiger partial charge in [0.2, 0.25) is 0 Å². The number of nitrogens with one attached hydrogen (secondary N) is 2. The molecule has 1 aromatic heterocycles. The molecule has 1 saturated heterocycles. The minimum Gasteiger partial charge on any atom is -0.386 e. The van der Waals surface area contributed by atoms with Crippen LogP contribution >= 0.6 is 0 Å². The van der Waals surface area contributed by atoms with Gasteiger partial charge in [0.15, 0.2) is 0 Å². The summed E-state index contributed by atoms with van der Waals surface area (Å²) >= 11 is 0. The third-order valence-electron chi connectivity index (χ3n) is 5.19. The second-order valence-electron chi connectivity index (χ2n) is 6.24. The van der Waals surface area contributed by atoms with Crippen molar-refractivity contribution in [1.29, 1.82) is 0 Å². The lowest BCUT2D eigenvalue weighted by atomic mass is 9.81. The van der Waals surface area contributed by atoms with Crippen LogP contribution in [0.4, 0.5) is 5.69 Å². The van der Waals surface area contributed by atoms with Gasteiger partial charge in [0.1, 0.15) is 0 Å². The largest absolute Gasteiger partial charge is 0.386 e. The Morgan fingerprint density at radius 2 is 1.95 bits per heavy atom. The van der Waals surface area contributed by atoms with Crippen LogP contribution in [0.5, 0.6) is 0 Å². The van der Waals surface area contributed by atoms with Crippen molar-refractivity contribution >= 4 is 11.8 Å². The van der Waals surface area contributed by atoms with Gasteiger partial charge in [-0.15, -0.1) is 0 Å². The van der Waals surface area contributed by atoms with Crippen molar-refractivity contribution < 1.29 is 0 Å². The highest BCUT2D eigenvalue weighted by atomic mass is 15.2. The number of anilines is 1. The van der Waals surface area contributed by atoms with Crippen LogP contribution < -0.4 is 5.32 Å². The first-order chi connectivity index (χ1) is 9.83. The predicted molar refractivity (Wildman–Crippen MR) is 86.2 cm³/mol. The Balaban J connectivity index is 1.65. The zero-order chi connectivity index (χ0) is 13.9. The Labute approximate surface area is 122 Å². The molecule has 1 aliphatic carbocycles. The normalized spacial score (nSPS) is 27.6. The maximum Gasteiger partial charge on any atom is 0.0626 e. The molecule has 2 aliphatic rings. The van der Waals surface area contributed by atoms with Gasteiger partial charge in [0.05, 0.1) is 11.4 Å². The molecule has 0 amide bonds. The molecule has 0 unspecified atom stereocenters. The Kier molecular flexibility index (Phi) is 4.16. The Hall–Kier alpha value is -1.22. The average molecular weight is 273 g/mol. The topological polar surface area (TPSA) is 31.1 Å². The van der Waals surface area contributed by atoms with Crippen LogP contribution in [0.2, 0.25) is 0 Å². The summed E-state index contributed by atoms with van der Waals surface area (Å²) in [5.74, 6) is 0.709. The van der Waals surface area contributed by atoms with Gasteiger partial charge in [0.25, 0.3) is 0 Å². The SMILES string of the molecule is C=Cc1[nH]cc(C2CCC(N3CCCC3)CC2)c1NC. The number of aromatic amines is 1. The van der Waals surface area contributed by atoms with Gasteiger partial charge < -0.3 is 15.2 Å². The van der Waals surface area contributed by atoms with Gasteiger partial charge in [0, 0.05) is 19.3 Å². The van der Waals surface area contributed by atoms with Crippen LogP contribution in [0, 0.1) is 0 Å². The maximum atomic E-state index is 3.88. The predicted octanol–water partition coefficient (Wildman–Crippen LogP) is 3.82. The molecule has 0 aromatic carbocycles. The summed E-state index contributed by atoms with van der Waals surface area (Å²) in [5, 5.41) is 3.35. The molecule has 1 aromatic rings. The van der Waals surface area contributed by atoms with Crippen molar-refractivity contribution in [3.8, 4) is 0 Å². The summed E-state index contributed by atoms with van der Waals surface area (Å²) in [6.45, 7) is 6.55. The zero-order valence-corrected chi connectivity index (χ0v) is 12.6. The Morgan fingerprint density at radius 3 is 2.55 bits per heavy atom. The van der Waals surface area contributed by atoms with Crippen LogP contribution in [0.15, 0.2) is 12.8 Å². The van der Waals surface area contributed by atoms with Crippen LogP contribution in [-0.2, 0) is 0 Å². The summed E-state index contributed by atoms with van der Waals surface area (Å²) in [6, 6.07) is 0.851. The summed E-state index contributed by atoms with van der Waals surface area (Å²) in [5.41, 5.74) is 3.84. The average Bonchev–Trinajstić information content (AvgIpc) is 3.16. The minimum atomic E-state index is 0.709. The fourth-order valence-electron chi connectivity index (χ4n) is 4.08. The van der Waals surface area contributed by atoms with E-state index in [1.54, 1.807) is 0 Å². The second kappa shape index (κ2) is 6.04. The molecule has 1 saturated carbocycles. The van der Waals surface area contributed by atoms with Crippen LogP contribution in [0.3, 0.4) is 0 Å². The molecule has 110 valence electrons. The number of H-pyrrole nitrogens is 1. The number of aromatic nitrogens is 1. The van der Waals surface area contributed by atoms with Gasteiger partial charge in [-0.1, -0.05) is 6.58 Å². The molecule has 0 atom stereocenters. The monoisotopic (exact) mass is 273 g/mol. The molecule has 1 aliphatic heterocycles. The first kappa shape index (κ1) is 13.7. The molecular formula is C17H27N3. The van der Waals surface area contributed by atoms with E-state index >= 15 is 0 Å². The van der Waals surface area contributed by atoms with Crippen LogP contribution in [0.25, 0.3) is 6.08 Å². The number of rotatable bonds is 4. The van der Waals surface area contributed by atoms with E-state index in [1.165, 1.54) is 62.9 Å². The molecule has 3 nitrogen and oxygen atoms in total. The molecule has 3 rings (SSSR count). The molecule has 0 spiro atoms. The number of hydrogen-bond acceptors (Lipinski definition) is 2. The summed E-state index contributed by atoms with van der Waals surface area (Å²) < 4.78 is 0.